The zero-order chi connectivity index (χ0) is 10.8. The molecule has 2 aromatic rings. The number of rotatable bonds is 2. The topological polar surface area (TPSA) is 17.8 Å². The first-order valence-electron chi connectivity index (χ1n) is 4.97. The fourth-order valence-electron chi connectivity index (χ4n) is 1.39. The van der Waals surface area contributed by atoms with E-state index in [0.717, 1.165) is 10.2 Å². The van der Waals surface area contributed by atoms with Crippen molar-refractivity contribution in [2.45, 2.75) is 19.8 Å². The van der Waals surface area contributed by atoms with Crippen molar-refractivity contribution < 1.29 is 0 Å². The second-order valence-corrected chi connectivity index (χ2v) is 4.77. The standard InChI is InChI=1S/C12H13BrN2/c1-9(2)10-7-14-15(8-10)12-5-3-4-11(13)6-12/h3-9H,1-2H3. The summed E-state index contributed by atoms with van der Waals surface area (Å²) in [5, 5.41) is 4.34. The summed E-state index contributed by atoms with van der Waals surface area (Å²) in [6, 6.07) is 8.12. The average Bonchev–Trinajstić information content (AvgIpc) is 2.66. The zero-order valence-corrected chi connectivity index (χ0v) is 10.4. The maximum atomic E-state index is 4.34. The molecule has 0 saturated carbocycles. The molecule has 0 spiro atoms. The lowest BCUT2D eigenvalue weighted by Gasteiger charge is -2.01. The summed E-state index contributed by atoms with van der Waals surface area (Å²) < 4.78 is 2.97. The van der Waals surface area contributed by atoms with Gasteiger partial charge in [-0.1, -0.05) is 35.8 Å². The first-order chi connectivity index (χ1) is 7.16. The molecule has 0 saturated heterocycles. The van der Waals surface area contributed by atoms with Crippen molar-refractivity contribution in [1.29, 1.82) is 0 Å². The Hall–Kier alpha value is -1.09. The van der Waals surface area contributed by atoms with Crippen molar-refractivity contribution in [3.8, 4) is 5.69 Å². The number of nitrogens with zero attached hydrogens (tertiary/aromatic N) is 2. The van der Waals surface area contributed by atoms with E-state index in [2.05, 4.69) is 47.1 Å². The number of halogens is 1. The van der Waals surface area contributed by atoms with Crippen LogP contribution in [-0.4, -0.2) is 9.78 Å². The quantitative estimate of drug-likeness (QED) is 0.808. The van der Waals surface area contributed by atoms with Crippen LogP contribution < -0.4 is 0 Å². The number of hydrogen-bond donors (Lipinski definition) is 0. The Balaban J connectivity index is 2.37. The summed E-state index contributed by atoms with van der Waals surface area (Å²) in [7, 11) is 0. The molecular weight excluding hydrogens is 252 g/mol. The van der Waals surface area contributed by atoms with E-state index in [9.17, 15) is 0 Å². The molecule has 3 heteroatoms. The summed E-state index contributed by atoms with van der Waals surface area (Å²) in [6.07, 6.45) is 4.00. The number of hydrogen-bond acceptors (Lipinski definition) is 1. The van der Waals surface area contributed by atoms with Crippen LogP contribution in [0.15, 0.2) is 41.1 Å². The Bertz CT molecular complexity index is 460. The lowest BCUT2D eigenvalue weighted by Crippen LogP contribution is -1.93. The van der Waals surface area contributed by atoms with Gasteiger partial charge >= 0.3 is 0 Å². The number of aromatic nitrogens is 2. The Kier molecular flexibility index (Phi) is 2.91. The van der Waals surface area contributed by atoms with Gasteiger partial charge in [0.15, 0.2) is 0 Å². The fourth-order valence-corrected chi connectivity index (χ4v) is 1.78. The van der Waals surface area contributed by atoms with Crippen molar-refractivity contribution in [2.24, 2.45) is 0 Å². The van der Waals surface area contributed by atoms with Gasteiger partial charge in [-0.2, -0.15) is 5.10 Å². The molecule has 15 heavy (non-hydrogen) atoms. The lowest BCUT2D eigenvalue weighted by molar-refractivity contribution is 0.858. The number of benzene rings is 1. The first-order valence-corrected chi connectivity index (χ1v) is 5.76. The molecule has 0 aliphatic heterocycles. The van der Waals surface area contributed by atoms with E-state index in [1.54, 1.807) is 0 Å². The van der Waals surface area contributed by atoms with Gasteiger partial charge < -0.3 is 0 Å². The van der Waals surface area contributed by atoms with Crippen molar-refractivity contribution in [2.75, 3.05) is 0 Å². The highest BCUT2D eigenvalue weighted by molar-refractivity contribution is 9.10. The lowest BCUT2D eigenvalue weighted by atomic mass is 10.1. The molecule has 0 bridgehead atoms. The highest BCUT2D eigenvalue weighted by Gasteiger charge is 2.04. The molecule has 0 aliphatic carbocycles. The highest BCUT2D eigenvalue weighted by atomic mass is 79.9. The molecule has 78 valence electrons. The van der Waals surface area contributed by atoms with E-state index in [1.165, 1.54) is 5.56 Å². The predicted octanol–water partition coefficient (Wildman–Crippen LogP) is 3.76. The molecule has 0 amide bonds. The molecule has 0 fully saturated rings. The second-order valence-electron chi connectivity index (χ2n) is 3.85. The van der Waals surface area contributed by atoms with Gasteiger partial charge in [0.25, 0.3) is 0 Å². The molecular formula is C12H13BrN2. The molecule has 0 N–H and O–H groups in total. The van der Waals surface area contributed by atoms with E-state index >= 15 is 0 Å². The van der Waals surface area contributed by atoms with E-state index < -0.39 is 0 Å². The van der Waals surface area contributed by atoms with Crippen molar-refractivity contribution in [3.05, 3.63) is 46.7 Å². The highest BCUT2D eigenvalue weighted by Crippen LogP contribution is 2.18. The third kappa shape index (κ3) is 2.29. The fraction of sp³-hybridized carbons (Fsp3) is 0.250. The third-order valence-electron chi connectivity index (χ3n) is 2.34. The third-order valence-corrected chi connectivity index (χ3v) is 2.84. The minimum absolute atomic E-state index is 0.519. The van der Waals surface area contributed by atoms with Crippen molar-refractivity contribution >= 4 is 15.9 Å². The molecule has 0 atom stereocenters. The van der Waals surface area contributed by atoms with Gasteiger partial charge in [0.2, 0.25) is 0 Å². The second kappa shape index (κ2) is 4.19. The SMILES string of the molecule is CC(C)c1cnn(-c2cccc(Br)c2)c1. The van der Waals surface area contributed by atoms with Gasteiger partial charge in [-0.25, -0.2) is 4.68 Å². The van der Waals surface area contributed by atoms with Gasteiger partial charge in [-0.05, 0) is 29.7 Å². The minimum Gasteiger partial charge on any atom is -0.241 e. The van der Waals surface area contributed by atoms with Crippen molar-refractivity contribution in [3.63, 3.8) is 0 Å². The molecule has 1 aromatic carbocycles. The van der Waals surface area contributed by atoms with Crippen LogP contribution in [0.3, 0.4) is 0 Å². The van der Waals surface area contributed by atoms with Crippen LogP contribution in [-0.2, 0) is 0 Å². The smallest absolute Gasteiger partial charge is 0.0656 e. The van der Waals surface area contributed by atoms with Crippen LogP contribution in [0.2, 0.25) is 0 Å². The van der Waals surface area contributed by atoms with Gasteiger partial charge in [-0.15, -0.1) is 0 Å². The van der Waals surface area contributed by atoms with E-state index in [-0.39, 0.29) is 0 Å². The largest absolute Gasteiger partial charge is 0.241 e. The Labute approximate surface area is 98.1 Å². The maximum Gasteiger partial charge on any atom is 0.0656 e. The minimum atomic E-state index is 0.519. The average molecular weight is 265 g/mol. The summed E-state index contributed by atoms with van der Waals surface area (Å²) >= 11 is 3.45. The van der Waals surface area contributed by atoms with E-state index in [1.807, 2.05) is 29.1 Å². The molecule has 0 aliphatic rings. The van der Waals surface area contributed by atoms with E-state index in [4.69, 9.17) is 0 Å². The molecule has 0 radical (unpaired) electrons. The Morgan fingerprint density at radius 2 is 2.13 bits per heavy atom. The van der Waals surface area contributed by atoms with Crippen LogP contribution in [0.4, 0.5) is 0 Å². The summed E-state index contributed by atoms with van der Waals surface area (Å²) in [6.45, 7) is 4.34. The molecule has 2 nitrogen and oxygen atoms in total. The predicted molar refractivity (Wildman–Crippen MR) is 65.4 cm³/mol. The van der Waals surface area contributed by atoms with Gasteiger partial charge in [-0.3, -0.25) is 0 Å². The maximum absolute atomic E-state index is 4.34. The Morgan fingerprint density at radius 1 is 1.33 bits per heavy atom. The first kappa shape index (κ1) is 10.4. The summed E-state index contributed by atoms with van der Waals surface area (Å²) in [5.74, 6) is 0.519. The van der Waals surface area contributed by atoms with Gasteiger partial charge in [0.1, 0.15) is 0 Å². The van der Waals surface area contributed by atoms with Crippen LogP contribution in [0, 0.1) is 0 Å². The monoisotopic (exact) mass is 264 g/mol. The van der Waals surface area contributed by atoms with Crippen LogP contribution in [0.1, 0.15) is 25.3 Å². The molecule has 0 unspecified atom stereocenters. The normalized spacial score (nSPS) is 10.9. The van der Waals surface area contributed by atoms with Crippen LogP contribution in [0.25, 0.3) is 5.69 Å². The van der Waals surface area contributed by atoms with Crippen LogP contribution >= 0.6 is 15.9 Å². The summed E-state index contributed by atoms with van der Waals surface area (Å²) in [4.78, 5) is 0. The Morgan fingerprint density at radius 3 is 2.73 bits per heavy atom. The van der Waals surface area contributed by atoms with Crippen LogP contribution in [0.5, 0.6) is 0 Å². The zero-order valence-electron chi connectivity index (χ0n) is 8.81. The molecule has 2 rings (SSSR count). The van der Waals surface area contributed by atoms with Gasteiger partial charge in [0, 0.05) is 10.7 Å². The van der Waals surface area contributed by atoms with Gasteiger partial charge in [0.05, 0.1) is 11.9 Å². The summed E-state index contributed by atoms with van der Waals surface area (Å²) in [5.41, 5.74) is 2.34. The molecule has 1 heterocycles. The molecule has 1 aromatic heterocycles. The van der Waals surface area contributed by atoms with E-state index in [0.29, 0.717) is 5.92 Å². The van der Waals surface area contributed by atoms with Crippen molar-refractivity contribution in [1.82, 2.24) is 9.78 Å².